The molecule has 0 saturated carbocycles. The van der Waals surface area contributed by atoms with E-state index in [1.165, 1.54) is 20.6 Å². The zero-order valence-electron chi connectivity index (χ0n) is 9.21. The standard InChI is InChI=1S/C12H11BrP.Li/c1-9-8-14(12(13)10(9)2)11-6-4-3-5-7-11;/h3-7H,1-2H3;/q-1;+1. The normalized spacial score (nSPS) is 11.0. The van der Waals surface area contributed by atoms with Gasteiger partial charge in [0.25, 0.3) is 0 Å². The van der Waals surface area contributed by atoms with Crippen molar-refractivity contribution in [2.75, 3.05) is 0 Å². The smallest absolute Gasteiger partial charge is 0.209 e. The molecule has 0 aliphatic rings. The van der Waals surface area contributed by atoms with Gasteiger partial charge in [-0.05, 0) is 5.30 Å². The summed E-state index contributed by atoms with van der Waals surface area (Å²) in [4.78, 5) is 0. The van der Waals surface area contributed by atoms with Crippen LogP contribution < -0.4 is 18.9 Å². The summed E-state index contributed by atoms with van der Waals surface area (Å²) in [5, 5.41) is 1.37. The largest absolute Gasteiger partial charge is 1.00 e. The molecule has 2 rings (SSSR count). The third kappa shape index (κ3) is 2.60. The molecule has 0 amide bonds. The van der Waals surface area contributed by atoms with Crippen LogP contribution in [0.5, 0.6) is 0 Å². The van der Waals surface area contributed by atoms with Crippen LogP contribution in [0.4, 0.5) is 0 Å². The van der Waals surface area contributed by atoms with Gasteiger partial charge in [-0.3, -0.25) is 0 Å². The molecule has 0 aliphatic heterocycles. The molecule has 0 fully saturated rings. The summed E-state index contributed by atoms with van der Waals surface area (Å²) in [6, 6.07) is 10.6. The van der Waals surface area contributed by atoms with Gasteiger partial charge in [-0.2, -0.15) is 16.9 Å². The van der Waals surface area contributed by atoms with Gasteiger partial charge < -0.3 is 0 Å². The molecule has 3 heteroatoms. The Labute approximate surface area is 112 Å². The van der Waals surface area contributed by atoms with Gasteiger partial charge in [-0.1, -0.05) is 44.2 Å². The van der Waals surface area contributed by atoms with Crippen LogP contribution in [0.25, 0.3) is 5.30 Å². The number of aryl methyl sites for hydroxylation is 1. The van der Waals surface area contributed by atoms with Gasteiger partial charge in [0.1, 0.15) is 0 Å². The first-order valence-corrected chi connectivity index (χ1v) is 6.66. The second-order valence-electron chi connectivity index (χ2n) is 3.32. The summed E-state index contributed by atoms with van der Waals surface area (Å²) in [5.41, 5.74) is 2.63. The first kappa shape index (κ1) is 13.1. The van der Waals surface area contributed by atoms with Crippen LogP contribution in [-0.2, 0) is 0 Å². The zero-order valence-corrected chi connectivity index (χ0v) is 11.7. The quantitative estimate of drug-likeness (QED) is 0.549. The van der Waals surface area contributed by atoms with Gasteiger partial charge in [0.05, 0.1) is 0 Å². The minimum absolute atomic E-state index is 0. The molecule has 0 radical (unpaired) electrons. The maximum Gasteiger partial charge on any atom is 1.00 e. The predicted molar refractivity (Wildman–Crippen MR) is 66.5 cm³/mol. The van der Waals surface area contributed by atoms with E-state index >= 15 is 0 Å². The Balaban J connectivity index is 0.00000112. The zero-order chi connectivity index (χ0) is 10.1. The van der Waals surface area contributed by atoms with Gasteiger partial charge in [-0.15, -0.1) is 20.1 Å². The molecule has 0 bridgehead atoms. The molecule has 15 heavy (non-hydrogen) atoms. The van der Waals surface area contributed by atoms with Crippen molar-refractivity contribution in [2.24, 2.45) is 0 Å². The van der Waals surface area contributed by atoms with Crippen molar-refractivity contribution in [3.63, 3.8) is 0 Å². The van der Waals surface area contributed by atoms with E-state index in [1.54, 1.807) is 0 Å². The molecular formula is C12H11BrLiP. The maximum absolute atomic E-state index is 3.67. The minimum Gasteiger partial charge on any atom is -0.209 e. The van der Waals surface area contributed by atoms with Gasteiger partial charge in [0.15, 0.2) is 0 Å². The number of hydrogen-bond acceptors (Lipinski definition) is 0. The predicted octanol–water partition coefficient (Wildman–Crippen LogP) is 1.85. The number of rotatable bonds is 1. The fourth-order valence-corrected chi connectivity index (χ4v) is 4.49. The molecule has 0 nitrogen and oxygen atoms in total. The van der Waals surface area contributed by atoms with Crippen molar-refractivity contribution < 1.29 is 18.9 Å². The van der Waals surface area contributed by atoms with Gasteiger partial charge in [-0.25, -0.2) is 7.53 Å². The molecule has 1 atom stereocenters. The van der Waals surface area contributed by atoms with E-state index in [0.717, 1.165) is 0 Å². The Morgan fingerprint density at radius 2 is 1.73 bits per heavy atom. The summed E-state index contributed by atoms with van der Waals surface area (Å²) in [6.45, 7) is 4.28. The van der Waals surface area contributed by atoms with Crippen molar-refractivity contribution >= 4 is 23.5 Å². The number of halogens is 1. The third-order valence-corrected chi connectivity index (χ3v) is 6.12. The average molecular weight is 273 g/mol. The van der Waals surface area contributed by atoms with Gasteiger partial charge in [0.2, 0.25) is 0 Å². The number of benzene rings is 1. The number of hydrogen-bond donors (Lipinski definition) is 0. The Kier molecular flexibility index (Phi) is 4.75. The topological polar surface area (TPSA) is 0 Å². The van der Waals surface area contributed by atoms with Crippen molar-refractivity contribution in [2.45, 2.75) is 13.8 Å². The van der Waals surface area contributed by atoms with Crippen LogP contribution in [0, 0.1) is 19.6 Å². The molecule has 0 saturated heterocycles. The van der Waals surface area contributed by atoms with Gasteiger partial charge in [0, 0.05) is 0 Å². The van der Waals surface area contributed by atoms with Gasteiger partial charge >= 0.3 is 18.9 Å². The summed E-state index contributed by atoms with van der Waals surface area (Å²) in [6.07, 6.45) is 0. The van der Waals surface area contributed by atoms with E-state index in [0.29, 0.717) is 0 Å². The van der Waals surface area contributed by atoms with E-state index in [2.05, 4.69) is 65.9 Å². The first-order valence-electron chi connectivity index (χ1n) is 4.52. The molecule has 72 valence electrons. The molecule has 1 aromatic carbocycles. The van der Waals surface area contributed by atoms with Crippen LogP contribution in [0.2, 0.25) is 0 Å². The van der Waals surface area contributed by atoms with E-state index in [1.807, 2.05) is 0 Å². The molecule has 1 aromatic heterocycles. The van der Waals surface area contributed by atoms with Crippen molar-refractivity contribution in [3.8, 4) is 5.30 Å². The second-order valence-corrected chi connectivity index (χ2v) is 6.59. The van der Waals surface area contributed by atoms with Crippen LogP contribution in [-0.4, -0.2) is 0 Å². The molecule has 1 unspecified atom stereocenters. The molecule has 1 heterocycles. The Bertz CT molecular complexity index is 448. The van der Waals surface area contributed by atoms with E-state index < -0.39 is 0 Å². The molecular weight excluding hydrogens is 262 g/mol. The van der Waals surface area contributed by atoms with E-state index in [-0.39, 0.29) is 26.4 Å². The second kappa shape index (κ2) is 5.42. The SMILES string of the molecule is Cc1[c-]p(-c2ccccc2)c(Br)c1C.[Li+]. The third-order valence-electron chi connectivity index (χ3n) is 2.36. The maximum atomic E-state index is 3.67. The fourth-order valence-electron chi connectivity index (χ4n) is 1.38. The fraction of sp³-hybridized carbons (Fsp3) is 0.167. The van der Waals surface area contributed by atoms with Crippen molar-refractivity contribution in [3.05, 3.63) is 51.5 Å². The van der Waals surface area contributed by atoms with E-state index in [9.17, 15) is 0 Å². The Morgan fingerprint density at radius 3 is 2.20 bits per heavy atom. The van der Waals surface area contributed by atoms with Crippen LogP contribution in [0.3, 0.4) is 0 Å². The molecule has 0 spiro atoms. The van der Waals surface area contributed by atoms with Crippen LogP contribution in [0.1, 0.15) is 11.1 Å². The summed E-state index contributed by atoms with van der Waals surface area (Å²) in [7, 11) is -0.371. The van der Waals surface area contributed by atoms with Crippen molar-refractivity contribution in [1.29, 1.82) is 0 Å². The first-order chi connectivity index (χ1) is 6.70. The molecule has 0 aliphatic carbocycles. The monoisotopic (exact) mass is 272 g/mol. The minimum atomic E-state index is -0.371. The summed E-state index contributed by atoms with van der Waals surface area (Å²) in [5.74, 6) is 3.53. The van der Waals surface area contributed by atoms with Crippen LogP contribution >= 0.6 is 23.5 Å². The van der Waals surface area contributed by atoms with E-state index in [4.69, 9.17) is 0 Å². The molecule has 2 aromatic rings. The average Bonchev–Trinajstić information content (AvgIpc) is 2.47. The summed E-state index contributed by atoms with van der Waals surface area (Å²) >= 11 is 3.67. The van der Waals surface area contributed by atoms with Crippen molar-refractivity contribution in [1.82, 2.24) is 0 Å². The molecule has 0 N–H and O–H groups in total. The summed E-state index contributed by atoms with van der Waals surface area (Å²) < 4.78 is 1.32. The Morgan fingerprint density at radius 1 is 1.13 bits per heavy atom. The Hall–Kier alpha value is 0.0774. The van der Waals surface area contributed by atoms with Crippen LogP contribution in [0.15, 0.2) is 34.5 Å².